The molecule has 4 rings (SSSR count). The molecule has 0 fully saturated rings. The highest BCUT2D eigenvalue weighted by Crippen LogP contribution is 2.39. The van der Waals surface area contributed by atoms with Gasteiger partial charge in [0.05, 0.1) is 29.4 Å². The van der Waals surface area contributed by atoms with Crippen molar-refractivity contribution in [3.8, 4) is 0 Å². The molecule has 3 heterocycles. The van der Waals surface area contributed by atoms with Gasteiger partial charge in [0.25, 0.3) is 0 Å². The summed E-state index contributed by atoms with van der Waals surface area (Å²) >= 11 is 6.01. The number of amides is 1. The van der Waals surface area contributed by atoms with Crippen molar-refractivity contribution in [2.24, 2.45) is 25.7 Å². The maximum atomic E-state index is 13.1. The van der Waals surface area contributed by atoms with Crippen LogP contribution >= 0.6 is 11.6 Å². The Morgan fingerprint density at radius 3 is 2.71 bits per heavy atom. The maximum Gasteiger partial charge on any atom is 0.389 e. The predicted octanol–water partition coefficient (Wildman–Crippen LogP) is 2.81. The molecule has 9 nitrogen and oxygen atoms in total. The highest BCUT2D eigenvalue weighted by Gasteiger charge is 2.48. The van der Waals surface area contributed by atoms with Crippen molar-refractivity contribution in [2.45, 2.75) is 31.4 Å². The van der Waals surface area contributed by atoms with Gasteiger partial charge in [0.2, 0.25) is 5.91 Å². The van der Waals surface area contributed by atoms with E-state index in [1.165, 1.54) is 18.3 Å². The van der Waals surface area contributed by atoms with E-state index in [1.54, 1.807) is 37.4 Å². The summed E-state index contributed by atoms with van der Waals surface area (Å²) in [7, 11) is 1.50. The number of alkyl halides is 3. The molecule has 4 N–H and O–H groups in total. The van der Waals surface area contributed by atoms with E-state index in [-0.39, 0.29) is 42.1 Å². The minimum atomic E-state index is -4.33. The zero-order chi connectivity index (χ0) is 25.4. The van der Waals surface area contributed by atoms with Crippen LogP contribution in [-0.2, 0) is 10.2 Å². The quantitative estimate of drug-likeness (QED) is 0.406. The third kappa shape index (κ3) is 4.84. The van der Waals surface area contributed by atoms with Gasteiger partial charge in [0.15, 0.2) is 5.84 Å². The van der Waals surface area contributed by atoms with Crippen LogP contribution in [0.15, 0.2) is 67.5 Å². The molecule has 3 aliphatic rings. The Morgan fingerprint density at radius 2 is 2.06 bits per heavy atom. The Bertz CT molecular complexity index is 1230. The fraction of sp³-hybridized carbons (Fsp3) is 0.318. The van der Waals surface area contributed by atoms with Crippen molar-refractivity contribution >= 4 is 41.1 Å². The summed E-state index contributed by atoms with van der Waals surface area (Å²) in [5.41, 5.74) is 9.35. The van der Waals surface area contributed by atoms with Gasteiger partial charge in [-0.25, -0.2) is 20.4 Å². The fourth-order valence-corrected chi connectivity index (χ4v) is 4.08. The van der Waals surface area contributed by atoms with Crippen LogP contribution in [0.4, 0.5) is 13.2 Å². The molecule has 35 heavy (non-hydrogen) atoms. The number of allylic oxidation sites excluding steroid dienone is 1. The third-order valence-corrected chi connectivity index (χ3v) is 6.05. The molecule has 0 saturated carbocycles. The number of carbonyl (C=O) groups excluding carboxylic acids is 1. The molecule has 1 amide bonds. The van der Waals surface area contributed by atoms with Crippen molar-refractivity contribution in [3.63, 3.8) is 0 Å². The normalized spacial score (nSPS) is 22.9. The van der Waals surface area contributed by atoms with Crippen LogP contribution in [0, 0.1) is 0 Å². The summed E-state index contributed by atoms with van der Waals surface area (Å²) in [6.07, 6.45) is -2.79. The SMILES string of the molecule is C/N=C(/N)C1=C(/N=C/C2=CN3NCN=C3C(CCC(F)(F)F)=N2)NC(=O)C1(C)c1ccc(Cl)cc1. The van der Waals surface area contributed by atoms with Crippen LogP contribution in [0.1, 0.15) is 25.3 Å². The molecule has 184 valence electrons. The van der Waals surface area contributed by atoms with Gasteiger partial charge in [-0.1, -0.05) is 23.7 Å². The van der Waals surface area contributed by atoms with E-state index in [0.29, 0.717) is 22.0 Å². The van der Waals surface area contributed by atoms with Gasteiger partial charge in [-0.2, -0.15) is 13.2 Å². The van der Waals surface area contributed by atoms with Crippen LogP contribution in [0.3, 0.4) is 0 Å². The van der Waals surface area contributed by atoms with Crippen LogP contribution < -0.4 is 16.5 Å². The van der Waals surface area contributed by atoms with Crippen molar-refractivity contribution < 1.29 is 18.0 Å². The van der Waals surface area contributed by atoms with Crippen LogP contribution in [-0.4, -0.2) is 54.4 Å². The zero-order valence-corrected chi connectivity index (χ0v) is 19.6. The van der Waals surface area contributed by atoms with Gasteiger partial charge in [-0.3, -0.25) is 14.8 Å². The summed E-state index contributed by atoms with van der Waals surface area (Å²) in [5, 5.41) is 4.75. The number of nitrogens with one attached hydrogen (secondary N) is 2. The number of nitrogens with two attached hydrogens (primary N) is 1. The van der Waals surface area contributed by atoms with E-state index >= 15 is 0 Å². The van der Waals surface area contributed by atoms with Gasteiger partial charge in [-0.05, 0) is 24.6 Å². The van der Waals surface area contributed by atoms with Gasteiger partial charge in [-0.15, -0.1) is 0 Å². The monoisotopic (exact) mass is 506 g/mol. The number of nitrogens with zero attached hydrogens (tertiary/aromatic N) is 5. The number of benzene rings is 1. The molecule has 3 aliphatic heterocycles. The third-order valence-electron chi connectivity index (χ3n) is 5.79. The van der Waals surface area contributed by atoms with E-state index < -0.39 is 18.0 Å². The minimum absolute atomic E-state index is 0.107. The number of rotatable bonds is 6. The van der Waals surface area contributed by atoms with Crippen LogP contribution in [0.2, 0.25) is 5.02 Å². The first-order valence-electron chi connectivity index (χ1n) is 10.6. The smallest absolute Gasteiger partial charge is 0.384 e. The predicted molar refractivity (Wildman–Crippen MR) is 128 cm³/mol. The minimum Gasteiger partial charge on any atom is -0.384 e. The molecule has 0 saturated heterocycles. The number of hydrazine groups is 1. The number of amidine groups is 2. The summed E-state index contributed by atoms with van der Waals surface area (Å²) in [6.45, 7) is 1.92. The number of carbonyl (C=O) groups is 1. The molecule has 1 aromatic rings. The molecule has 0 bridgehead atoms. The van der Waals surface area contributed by atoms with E-state index in [9.17, 15) is 18.0 Å². The van der Waals surface area contributed by atoms with Crippen LogP contribution in [0.25, 0.3) is 0 Å². The highest BCUT2D eigenvalue weighted by atomic mass is 35.5. The molecular formula is C22H22ClF3N8O. The molecule has 1 unspecified atom stereocenters. The van der Waals surface area contributed by atoms with Gasteiger partial charge < -0.3 is 11.1 Å². The number of hydrogen-bond donors (Lipinski definition) is 3. The number of hydrogen-bond acceptors (Lipinski definition) is 7. The second kappa shape index (κ2) is 9.27. The fourth-order valence-electron chi connectivity index (χ4n) is 3.95. The molecule has 0 aromatic heterocycles. The molecular weight excluding hydrogens is 485 g/mol. The number of halogens is 4. The average molecular weight is 507 g/mol. The highest BCUT2D eigenvalue weighted by molar-refractivity contribution is 6.42. The number of aliphatic imine (C=N–C) groups is 4. The summed E-state index contributed by atoms with van der Waals surface area (Å²) in [6, 6.07) is 6.77. The van der Waals surface area contributed by atoms with Gasteiger partial charge in [0, 0.05) is 24.9 Å². The maximum absolute atomic E-state index is 13.1. The molecule has 0 aliphatic carbocycles. The lowest BCUT2D eigenvalue weighted by Crippen LogP contribution is -2.39. The van der Waals surface area contributed by atoms with Crippen molar-refractivity contribution in [1.29, 1.82) is 0 Å². The first-order chi connectivity index (χ1) is 16.5. The van der Waals surface area contributed by atoms with Gasteiger partial charge >= 0.3 is 6.18 Å². The lowest BCUT2D eigenvalue weighted by atomic mass is 9.76. The van der Waals surface area contributed by atoms with Crippen LogP contribution in [0.5, 0.6) is 0 Å². The zero-order valence-electron chi connectivity index (χ0n) is 18.8. The van der Waals surface area contributed by atoms with E-state index in [0.717, 1.165) is 0 Å². The van der Waals surface area contributed by atoms with E-state index in [2.05, 4.69) is 30.7 Å². The lowest BCUT2D eigenvalue weighted by Gasteiger charge is -2.25. The Hall–Kier alpha value is -3.51. The molecule has 1 aromatic carbocycles. The summed E-state index contributed by atoms with van der Waals surface area (Å²) in [4.78, 5) is 30.0. The second-order valence-corrected chi connectivity index (χ2v) is 8.51. The molecule has 0 spiro atoms. The van der Waals surface area contributed by atoms with E-state index in [4.69, 9.17) is 17.3 Å². The lowest BCUT2D eigenvalue weighted by molar-refractivity contribution is -0.132. The molecule has 13 heteroatoms. The summed E-state index contributed by atoms with van der Waals surface area (Å²) < 4.78 is 38.4. The second-order valence-electron chi connectivity index (χ2n) is 8.07. The number of fused-ring (bicyclic) bond motifs is 1. The first kappa shape index (κ1) is 24.6. The van der Waals surface area contributed by atoms with Crippen molar-refractivity contribution in [3.05, 3.63) is 58.1 Å². The van der Waals surface area contributed by atoms with Crippen molar-refractivity contribution in [1.82, 2.24) is 15.8 Å². The Balaban J connectivity index is 1.70. The first-order valence-corrected chi connectivity index (χ1v) is 10.9. The molecule has 1 atom stereocenters. The van der Waals surface area contributed by atoms with Gasteiger partial charge in [0.1, 0.15) is 23.7 Å². The summed E-state index contributed by atoms with van der Waals surface area (Å²) in [5.74, 6) is 0.238. The average Bonchev–Trinajstić information content (AvgIpc) is 3.38. The Labute approximate surface area is 204 Å². The molecule has 0 radical (unpaired) electrons. The van der Waals surface area contributed by atoms with Crippen molar-refractivity contribution in [2.75, 3.05) is 13.7 Å². The Kier molecular flexibility index (Phi) is 6.52. The standard InChI is InChI=1S/C22H22ClF3N8O/c1-21(12-3-5-13(23)6-4-12)16(17(27)28-2)18(33-20(21)35)29-9-14-10-34-19(30-11-31-34)15(32-14)7-8-22(24,25)26/h3-6,9-10,31H,7-8,11H2,1-2H3,(H2,27,28)(H,33,35)/b29-9+. The van der Waals surface area contributed by atoms with E-state index in [1.807, 2.05) is 0 Å². The topological polar surface area (TPSA) is 120 Å². The Morgan fingerprint density at radius 1 is 1.34 bits per heavy atom. The largest absolute Gasteiger partial charge is 0.389 e.